The van der Waals surface area contributed by atoms with Crippen molar-refractivity contribution in [2.24, 2.45) is 4.99 Å². The highest BCUT2D eigenvalue weighted by Crippen LogP contribution is 2.31. The van der Waals surface area contributed by atoms with Crippen molar-refractivity contribution < 1.29 is 5.11 Å². The number of phenolic OH excluding ortho intramolecular Hbond substituents is 1. The van der Waals surface area contributed by atoms with E-state index in [1.54, 1.807) is 12.1 Å². The molecule has 1 atom stereocenters. The number of piperidine rings is 1. The summed E-state index contributed by atoms with van der Waals surface area (Å²) in [4.78, 5) is 15.5. The molecule has 1 aromatic carbocycles. The molecule has 2 aromatic heterocycles. The molecule has 1 aliphatic heterocycles. The van der Waals surface area contributed by atoms with E-state index in [2.05, 4.69) is 27.7 Å². The lowest BCUT2D eigenvalue weighted by Gasteiger charge is -2.34. The van der Waals surface area contributed by atoms with Crippen LogP contribution in [0.3, 0.4) is 0 Å². The Morgan fingerprint density at radius 2 is 1.96 bits per heavy atom. The van der Waals surface area contributed by atoms with Crippen LogP contribution in [0.4, 0.5) is 10.9 Å². The lowest BCUT2D eigenvalue weighted by atomic mass is 9.90. The highest BCUT2D eigenvalue weighted by Gasteiger charge is 2.22. The lowest BCUT2D eigenvalue weighted by molar-refractivity contribution is 0.473. The van der Waals surface area contributed by atoms with E-state index in [1.165, 1.54) is 16.9 Å². The quantitative estimate of drug-likeness (QED) is 0.686. The molecule has 0 saturated carbocycles. The van der Waals surface area contributed by atoms with E-state index in [9.17, 15) is 5.11 Å². The second-order valence-electron chi connectivity index (χ2n) is 6.43. The van der Waals surface area contributed by atoms with Gasteiger partial charge in [-0.3, -0.25) is 0 Å². The van der Waals surface area contributed by atoms with Gasteiger partial charge >= 0.3 is 0 Å². The molecule has 3 heterocycles. The van der Waals surface area contributed by atoms with Crippen molar-refractivity contribution in [2.45, 2.75) is 18.8 Å². The molecule has 0 spiro atoms. The summed E-state index contributed by atoms with van der Waals surface area (Å²) >= 11 is 1.47. The van der Waals surface area contributed by atoms with E-state index >= 15 is 0 Å². The molecule has 3 aromatic rings. The first-order valence-corrected chi connectivity index (χ1v) is 9.54. The molecule has 1 N–H and O–H groups in total. The summed E-state index contributed by atoms with van der Waals surface area (Å²) in [5, 5.41) is 12.1. The predicted molar refractivity (Wildman–Crippen MR) is 107 cm³/mol. The maximum atomic E-state index is 9.51. The van der Waals surface area contributed by atoms with Crippen molar-refractivity contribution in [2.75, 3.05) is 18.0 Å². The van der Waals surface area contributed by atoms with E-state index in [1.807, 2.05) is 29.6 Å². The van der Waals surface area contributed by atoms with Gasteiger partial charge in [-0.2, -0.15) is 0 Å². The van der Waals surface area contributed by atoms with Gasteiger partial charge in [-0.15, -0.1) is 11.3 Å². The van der Waals surface area contributed by atoms with Crippen LogP contribution in [-0.2, 0) is 0 Å². The third-order valence-corrected chi connectivity index (χ3v) is 5.51. The number of aliphatic imine (C=N–C) groups is 1. The molecule has 0 bridgehead atoms. The molecule has 6 heteroatoms. The second-order valence-corrected chi connectivity index (χ2v) is 7.27. The first-order chi connectivity index (χ1) is 12.7. The lowest BCUT2D eigenvalue weighted by Crippen LogP contribution is -2.34. The van der Waals surface area contributed by atoms with Gasteiger partial charge in [0.2, 0.25) is 5.13 Å². The molecule has 1 saturated heterocycles. The normalized spacial score (nSPS) is 17.2. The van der Waals surface area contributed by atoms with Gasteiger partial charge in [0.05, 0.1) is 5.69 Å². The van der Waals surface area contributed by atoms with E-state index in [4.69, 9.17) is 4.98 Å². The highest BCUT2D eigenvalue weighted by atomic mass is 32.1. The zero-order chi connectivity index (χ0) is 17.9. The Bertz CT molecular complexity index is 906. The average molecular weight is 364 g/mol. The zero-order valence-electron chi connectivity index (χ0n) is 14.4. The summed E-state index contributed by atoms with van der Waals surface area (Å²) in [6.07, 6.45) is 2.28. The molecule has 26 heavy (non-hydrogen) atoms. The van der Waals surface area contributed by atoms with Gasteiger partial charge < -0.3 is 10.0 Å². The number of anilines is 1. The standard InChI is InChI=1S/C20H20N4OS/c1-21-20-23-18(13-26-20)17-5-2-6-19(22-17)24-11-3-4-15(12-24)14-7-9-16(25)10-8-14/h2,5-10,13,15,25H,1,3-4,11-12H2. The number of aromatic nitrogens is 2. The fourth-order valence-corrected chi connectivity index (χ4v) is 4.02. The van der Waals surface area contributed by atoms with Gasteiger partial charge in [0.25, 0.3) is 0 Å². The summed E-state index contributed by atoms with van der Waals surface area (Å²) in [6, 6.07) is 13.6. The Hall–Kier alpha value is -2.73. The maximum absolute atomic E-state index is 9.51. The van der Waals surface area contributed by atoms with E-state index < -0.39 is 0 Å². The van der Waals surface area contributed by atoms with Crippen molar-refractivity contribution in [3.8, 4) is 17.1 Å². The van der Waals surface area contributed by atoms with Crippen molar-refractivity contribution in [3.05, 3.63) is 53.4 Å². The number of aromatic hydroxyl groups is 1. The smallest absolute Gasteiger partial charge is 0.209 e. The number of hydrogen-bond acceptors (Lipinski definition) is 6. The summed E-state index contributed by atoms with van der Waals surface area (Å²) < 4.78 is 0. The number of thiazole rings is 1. The minimum atomic E-state index is 0.312. The third-order valence-electron chi connectivity index (χ3n) is 4.73. The molecule has 0 radical (unpaired) electrons. The van der Waals surface area contributed by atoms with Crippen LogP contribution >= 0.6 is 11.3 Å². The van der Waals surface area contributed by atoms with Crippen LogP contribution in [0.1, 0.15) is 24.3 Å². The fourth-order valence-electron chi connectivity index (χ4n) is 3.40. The fraction of sp³-hybridized carbons (Fsp3) is 0.250. The zero-order valence-corrected chi connectivity index (χ0v) is 15.2. The number of nitrogens with zero attached hydrogens (tertiary/aromatic N) is 4. The first kappa shape index (κ1) is 16.7. The van der Waals surface area contributed by atoms with Crippen molar-refractivity contribution in [1.29, 1.82) is 0 Å². The molecule has 1 unspecified atom stereocenters. The molecule has 1 aliphatic rings. The van der Waals surface area contributed by atoms with Gasteiger partial charge in [0.15, 0.2) is 0 Å². The monoisotopic (exact) mass is 364 g/mol. The Labute approximate surface area is 156 Å². The molecule has 132 valence electrons. The van der Waals surface area contributed by atoms with Crippen LogP contribution < -0.4 is 4.90 Å². The number of hydrogen-bond donors (Lipinski definition) is 1. The SMILES string of the molecule is C=Nc1nc(-c2cccc(N3CCCC(c4ccc(O)cc4)C3)n2)cs1. The van der Waals surface area contributed by atoms with Crippen molar-refractivity contribution >= 4 is 29.0 Å². The average Bonchev–Trinajstić information content (AvgIpc) is 3.18. The van der Waals surface area contributed by atoms with Crippen molar-refractivity contribution in [1.82, 2.24) is 9.97 Å². The topological polar surface area (TPSA) is 61.6 Å². The summed E-state index contributed by atoms with van der Waals surface area (Å²) in [5.74, 6) is 1.74. The third kappa shape index (κ3) is 3.46. The van der Waals surface area contributed by atoms with E-state index in [0.29, 0.717) is 16.8 Å². The Kier molecular flexibility index (Phi) is 4.67. The Balaban J connectivity index is 1.56. The molecule has 4 rings (SSSR count). The van der Waals surface area contributed by atoms with Crippen LogP contribution in [0.25, 0.3) is 11.4 Å². The van der Waals surface area contributed by atoms with E-state index in [-0.39, 0.29) is 0 Å². The molecule has 5 nitrogen and oxygen atoms in total. The highest BCUT2D eigenvalue weighted by molar-refractivity contribution is 7.13. The summed E-state index contributed by atoms with van der Waals surface area (Å²) in [7, 11) is 0. The van der Waals surface area contributed by atoms with Crippen LogP contribution in [-0.4, -0.2) is 34.9 Å². The predicted octanol–water partition coefficient (Wildman–Crippen LogP) is 4.63. The molecular formula is C20H20N4OS. The molecule has 0 aliphatic carbocycles. The van der Waals surface area contributed by atoms with Crippen LogP contribution in [0.5, 0.6) is 5.75 Å². The van der Waals surface area contributed by atoms with Gasteiger partial charge in [-0.05, 0) is 49.4 Å². The number of rotatable bonds is 4. The van der Waals surface area contributed by atoms with Crippen LogP contribution in [0.15, 0.2) is 52.8 Å². The maximum Gasteiger partial charge on any atom is 0.209 e. The molecule has 0 amide bonds. The Morgan fingerprint density at radius 3 is 2.73 bits per heavy atom. The minimum Gasteiger partial charge on any atom is -0.508 e. The van der Waals surface area contributed by atoms with Gasteiger partial charge in [-0.25, -0.2) is 15.0 Å². The van der Waals surface area contributed by atoms with Crippen molar-refractivity contribution in [3.63, 3.8) is 0 Å². The van der Waals surface area contributed by atoms with Crippen LogP contribution in [0.2, 0.25) is 0 Å². The second kappa shape index (κ2) is 7.25. The summed E-state index contributed by atoms with van der Waals surface area (Å²) in [6.45, 7) is 5.45. The van der Waals surface area contributed by atoms with E-state index in [0.717, 1.165) is 43.1 Å². The summed E-state index contributed by atoms with van der Waals surface area (Å²) in [5.41, 5.74) is 2.97. The number of phenols is 1. The molecular weight excluding hydrogens is 344 g/mol. The largest absolute Gasteiger partial charge is 0.508 e. The van der Waals surface area contributed by atoms with Crippen LogP contribution in [0, 0.1) is 0 Å². The van der Waals surface area contributed by atoms with Gasteiger partial charge in [-0.1, -0.05) is 18.2 Å². The van der Waals surface area contributed by atoms with Gasteiger partial charge in [0, 0.05) is 24.4 Å². The molecule has 1 fully saturated rings. The number of pyridine rings is 1. The minimum absolute atomic E-state index is 0.312. The first-order valence-electron chi connectivity index (χ1n) is 8.66. The van der Waals surface area contributed by atoms with Gasteiger partial charge in [0.1, 0.15) is 17.3 Å². The Morgan fingerprint density at radius 1 is 1.12 bits per heavy atom. The number of benzene rings is 1.